The van der Waals surface area contributed by atoms with Crippen LogP contribution >= 0.6 is 0 Å². The van der Waals surface area contributed by atoms with E-state index in [1.807, 2.05) is 0 Å². The van der Waals surface area contributed by atoms with Crippen molar-refractivity contribution in [3.63, 3.8) is 0 Å². The highest BCUT2D eigenvalue weighted by Crippen LogP contribution is 2.15. The average molecular weight is 339 g/mol. The van der Waals surface area contributed by atoms with Crippen LogP contribution in [-0.2, 0) is 6.54 Å². The number of aromatic nitrogens is 2. The molecule has 1 fully saturated rings. The van der Waals surface area contributed by atoms with Crippen molar-refractivity contribution in [3.8, 4) is 0 Å². The first-order valence-electron chi connectivity index (χ1n) is 8.22. The molecule has 0 saturated carbocycles. The minimum absolute atomic E-state index is 0.0611. The zero-order valence-electron chi connectivity index (χ0n) is 13.5. The third-order valence-corrected chi connectivity index (χ3v) is 4.52. The Hall–Kier alpha value is -3.09. The molecule has 1 aliphatic rings. The second-order valence-electron chi connectivity index (χ2n) is 6.16. The summed E-state index contributed by atoms with van der Waals surface area (Å²) in [5, 5.41) is 0.365. The first-order valence-corrected chi connectivity index (χ1v) is 8.22. The zero-order valence-corrected chi connectivity index (χ0v) is 13.5. The minimum Gasteiger partial charge on any atom is -0.467 e. The summed E-state index contributed by atoms with van der Waals surface area (Å²) in [7, 11) is 0. The molecular weight excluding hydrogens is 322 g/mol. The molecule has 0 bridgehead atoms. The first kappa shape index (κ1) is 15.4. The summed E-state index contributed by atoms with van der Waals surface area (Å²) >= 11 is 0. The van der Waals surface area contributed by atoms with Gasteiger partial charge in [0.2, 0.25) is 0 Å². The van der Waals surface area contributed by atoms with Gasteiger partial charge in [0.05, 0.1) is 23.7 Å². The Kier molecular flexibility index (Phi) is 3.76. The molecule has 3 aromatic rings. The lowest BCUT2D eigenvalue weighted by molar-refractivity contribution is 0.0793. The molecule has 0 spiro atoms. The molecule has 128 valence electrons. The van der Waals surface area contributed by atoms with E-state index in [0.717, 1.165) is 30.5 Å². The van der Waals surface area contributed by atoms with Crippen LogP contribution in [-0.4, -0.2) is 33.4 Å². The second-order valence-corrected chi connectivity index (χ2v) is 6.16. The van der Waals surface area contributed by atoms with E-state index in [1.165, 1.54) is 6.26 Å². The van der Waals surface area contributed by atoms with Gasteiger partial charge in [-0.25, -0.2) is 4.79 Å². The number of rotatable bonds is 3. The van der Waals surface area contributed by atoms with Crippen molar-refractivity contribution < 1.29 is 9.21 Å². The Morgan fingerprint density at radius 1 is 1.16 bits per heavy atom. The predicted molar refractivity (Wildman–Crippen MR) is 91.8 cm³/mol. The molecule has 25 heavy (non-hydrogen) atoms. The van der Waals surface area contributed by atoms with E-state index in [-0.39, 0.29) is 12.5 Å². The van der Waals surface area contributed by atoms with Crippen LogP contribution in [0.15, 0.2) is 50.6 Å². The molecule has 4 rings (SSSR count). The Bertz CT molecular complexity index is 1040. The van der Waals surface area contributed by atoms with Crippen molar-refractivity contribution in [1.29, 1.82) is 0 Å². The lowest BCUT2D eigenvalue weighted by Gasteiger charge is -2.15. The van der Waals surface area contributed by atoms with E-state index in [0.29, 0.717) is 22.2 Å². The van der Waals surface area contributed by atoms with Crippen LogP contribution in [0, 0.1) is 0 Å². The maximum atomic E-state index is 12.6. The highest BCUT2D eigenvalue weighted by Gasteiger charge is 2.20. The van der Waals surface area contributed by atoms with Gasteiger partial charge in [-0.3, -0.25) is 14.2 Å². The van der Waals surface area contributed by atoms with Gasteiger partial charge in [-0.15, -0.1) is 0 Å². The van der Waals surface area contributed by atoms with E-state index in [1.54, 1.807) is 35.2 Å². The van der Waals surface area contributed by atoms with E-state index < -0.39 is 11.2 Å². The number of aromatic amines is 1. The first-order chi connectivity index (χ1) is 12.1. The van der Waals surface area contributed by atoms with E-state index in [2.05, 4.69) is 4.98 Å². The molecule has 1 amide bonds. The fraction of sp³-hybridized carbons (Fsp3) is 0.278. The molecule has 7 heteroatoms. The third kappa shape index (κ3) is 2.77. The molecule has 3 heterocycles. The monoisotopic (exact) mass is 339 g/mol. The summed E-state index contributed by atoms with van der Waals surface area (Å²) in [4.78, 5) is 41.9. The van der Waals surface area contributed by atoms with Crippen molar-refractivity contribution in [1.82, 2.24) is 14.5 Å². The predicted octanol–water partition coefficient (Wildman–Crippen LogP) is 1.57. The van der Waals surface area contributed by atoms with Crippen molar-refractivity contribution in [2.75, 3.05) is 13.1 Å². The fourth-order valence-electron chi connectivity index (χ4n) is 3.19. The Morgan fingerprint density at radius 3 is 2.68 bits per heavy atom. The lowest BCUT2D eigenvalue weighted by Crippen LogP contribution is -2.35. The molecule has 1 N–H and O–H groups in total. The summed E-state index contributed by atoms with van der Waals surface area (Å²) in [6.45, 7) is 1.56. The molecule has 1 aliphatic heterocycles. The van der Waals surface area contributed by atoms with Gasteiger partial charge in [0.1, 0.15) is 5.76 Å². The topological polar surface area (TPSA) is 88.3 Å². The van der Waals surface area contributed by atoms with Crippen molar-refractivity contribution in [2.45, 2.75) is 19.4 Å². The molecule has 2 aromatic heterocycles. The lowest BCUT2D eigenvalue weighted by atomic mass is 10.1. The van der Waals surface area contributed by atoms with Crippen molar-refractivity contribution in [3.05, 3.63) is 68.8 Å². The molecule has 0 atom stereocenters. The standard InChI is InChI=1S/C18H17N3O4/c22-16(20-7-1-2-8-20)12-5-6-14-15(10-12)19-18(24)21(17(14)23)11-13-4-3-9-25-13/h3-6,9-10H,1-2,7-8,11H2,(H,19,24). The number of H-pyrrole nitrogens is 1. The minimum atomic E-state index is -0.528. The SMILES string of the molecule is O=C(c1ccc2c(=O)n(Cc3ccco3)c(=O)[nH]c2c1)N1CCCC1. The molecule has 7 nitrogen and oxygen atoms in total. The van der Waals surface area contributed by atoms with Gasteiger partial charge in [-0.1, -0.05) is 0 Å². The number of nitrogens with one attached hydrogen (secondary N) is 1. The van der Waals surface area contributed by atoms with Crippen molar-refractivity contribution in [2.24, 2.45) is 0 Å². The molecule has 0 unspecified atom stereocenters. The highest BCUT2D eigenvalue weighted by molar-refractivity contribution is 5.97. The molecule has 0 aliphatic carbocycles. The van der Waals surface area contributed by atoms with Gasteiger partial charge >= 0.3 is 5.69 Å². The summed E-state index contributed by atoms with van der Waals surface area (Å²) in [5.74, 6) is 0.452. The largest absolute Gasteiger partial charge is 0.467 e. The van der Waals surface area contributed by atoms with Crippen LogP contribution < -0.4 is 11.2 Å². The van der Waals surface area contributed by atoms with Gasteiger partial charge < -0.3 is 14.3 Å². The summed E-state index contributed by atoms with van der Waals surface area (Å²) in [6, 6.07) is 8.21. The van der Waals surface area contributed by atoms with Gasteiger partial charge in [-0.05, 0) is 43.2 Å². The molecule has 1 aromatic carbocycles. The van der Waals surface area contributed by atoms with Crippen LogP contribution in [0.5, 0.6) is 0 Å². The van der Waals surface area contributed by atoms with Crippen molar-refractivity contribution >= 4 is 16.8 Å². The Balaban J connectivity index is 1.75. The average Bonchev–Trinajstić information content (AvgIpc) is 3.31. The zero-order chi connectivity index (χ0) is 17.4. The quantitative estimate of drug-likeness (QED) is 0.784. The molecule has 1 saturated heterocycles. The Morgan fingerprint density at radius 2 is 1.96 bits per heavy atom. The van der Waals surface area contributed by atoms with Gasteiger partial charge in [0.25, 0.3) is 11.5 Å². The smallest absolute Gasteiger partial charge is 0.329 e. The fourth-order valence-corrected chi connectivity index (χ4v) is 3.19. The number of fused-ring (bicyclic) bond motifs is 1. The summed E-state index contributed by atoms with van der Waals surface area (Å²) in [5.41, 5.74) is -0.0843. The highest BCUT2D eigenvalue weighted by atomic mass is 16.3. The van der Waals surface area contributed by atoms with E-state index in [4.69, 9.17) is 4.42 Å². The van der Waals surface area contributed by atoms with Crippen LogP contribution in [0.25, 0.3) is 10.9 Å². The number of nitrogens with zero attached hydrogens (tertiary/aromatic N) is 2. The van der Waals surface area contributed by atoms with Crippen LogP contribution in [0.2, 0.25) is 0 Å². The number of hydrogen-bond donors (Lipinski definition) is 1. The van der Waals surface area contributed by atoms with Crippen LogP contribution in [0.1, 0.15) is 29.0 Å². The van der Waals surface area contributed by atoms with Gasteiger partial charge in [0.15, 0.2) is 0 Å². The number of likely N-dealkylation sites (tertiary alicyclic amines) is 1. The van der Waals surface area contributed by atoms with Crippen LogP contribution in [0.3, 0.4) is 0 Å². The number of carbonyl (C=O) groups is 1. The maximum absolute atomic E-state index is 12.6. The summed E-state index contributed by atoms with van der Waals surface area (Å²) in [6.07, 6.45) is 3.51. The number of carbonyl (C=O) groups excluding carboxylic acids is 1. The van der Waals surface area contributed by atoms with E-state index >= 15 is 0 Å². The van der Waals surface area contributed by atoms with E-state index in [9.17, 15) is 14.4 Å². The summed E-state index contributed by atoms with van der Waals surface area (Å²) < 4.78 is 6.29. The maximum Gasteiger partial charge on any atom is 0.329 e. The van der Waals surface area contributed by atoms with Gasteiger partial charge in [0, 0.05) is 18.7 Å². The number of hydrogen-bond acceptors (Lipinski definition) is 4. The molecule has 0 radical (unpaired) electrons. The Labute approximate surface area is 142 Å². The van der Waals surface area contributed by atoms with Crippen LogP contribution in [0.4, 0.5) is 0 Å². The number of amides is 1. The molecular formula is C18H17N3O4. The number of benzene rings is 1. The number of furan rings is 1. The van der Waals surface area contributed by atoms with Gasteiger partial charge in [-0.2, -0.15) is 0 Å². The second kappa shape index (κ2) is 6.08. The normalized spacial score (nSPS) is 14.3. The third-order valence-electron chi connectivity index (χ3n) is 4.52.